The summed E-state index contributed by atoms with van der Waals surface area (Å²) in [6, 6.07) is 4.20. The van der Waals surface area contributed by atoms with E-state index in [0.29, 0.717) is 25.4 Å². The predicted molar refractivity (Wildman–Crippen MR) is 97.2 cm³/mol. The molecule has 1 aromatic rings. The zero-order valence-electron chi connectivity index (χ0n) is 14.6. The van der Waals surface area contributed by atoms with Crippen LogP contribution in [-0.2, 0) is 15.0 Å². The van der Waals surface area contributed by atoms with Crippen LogP contribution in [0.3, 0.4) is 0 Å². The van der Waals surface area contributed by atoms with Crippen LogP contribution in [0.2, 0.25) is 0 Å². The Morgan fingerprint density at radius 3 is 2.42 bits per heavy atom. The summed E-state index contributed by atoms with van der Waals surface area (Å²) < 4.78 is 0. The number of rotatable bonds is 3. The topological polar surface area (TPSA) is 40.6 Å². The highest BCUT2D eigenvalue weighted by Gasteiger charge is 2.44. The van der Waals surface area contributed by atoms with Gasteiger partial charge in [0.1, 0.15) is 0 Å². The number of nitrogens with zero attached hydrogens (tertiary/aromatic N) is 2. The van der Waals surface area contributed by atoms with Crippen molar-refractivity contribution in [3.8, 4) is 0 Å². The normalized spacial score (nSPS) is 21.4. The van der Waals surface area contributed by atoms with E-state index in [1.54, 1.807) is 11.3 Å². The van der Waals surface area contributed by atoms with Crippen molar-refractivity contribution in [1.29, 1.82) is 0 Å². The van der Waals surface area contributed by atoms with E-state index < -0.39 is 0 Å². The van der Waals surface area contributed by atoms with Crippen LogP contribution >= 0.6 is 11.3 Å². The van der Waals surface area contributed by atoms with Crippen molar-refractivity contribution in [2.24, 2.45) is 0 Å². The molecule has 3 rings (SSSR count). The van der Waals surface area contributed by atoms with Gasteiger partial charge in [-0.15, -0.1) is 11.3 Å². The minimum atomic E-state index is -0.309. The number of thiophene rings is 1. The number of carbonyl (C=O) groups excluding carboxylic acids is 2. The molecular formula is C19H28N2O2S. The number of carbonyl (C=O) groups is 2. The second-order valence-electron chi connectivity index (χ2n) is 7.00. The fraction of sp³-hybridized carbons (Fsp3) is 0.684. The summed E-state index contributed by atoms with van der Waals surface area (Å²) in [5.41, 5.74) is -0.309. The van der Waals surface area contributed by atoms with Crippen molar-refractivity contribution in [1.82, 2.24) is 9.80 Å². The average molecular weight is 349 g/mol. The molecule has 24 heavy (non-hydrogen) atoms. The third kappa shape index (κ3) is 3.37. The lowest BCUT2D eigenvalue weighted by molar-refractivity contribution is -0.139. The fourth-order valence-corrected chi connectivity index (χ4v) is 5.15. The SMILES string of the molecule is CCC(=O)N1CCCN(C(=O)C2(c3cccs3)CCCCC2)CC1. The van der Waals surface area contributed by atoms with Gasteiger partial charge in [-0.05, 0) is 30.7 Å². The molecule has 5 heteroatoms. The molecule has 0 unspecified atom stereocenters. The van der Waals surface area contributed by atoms with Gasteiger partial charge in [-0.2, -0.15) is 0 Å². The molecular weight excluding hydrogens is 320 g/mol. The summed E-state index contributed by atoms with van der Waals surface area (Å²) in [5, 5.41) is 2.09. The Kier molecular flexibility index (Phi) is 5.59. The lowest BCUT2D eigenvalue weighted by Gasteiger charge is -2.39. The molecule has 2 heterocycles. The van der Waals surface area contributed by atoms with Gasteiger partial charge < -0.3 is 9.80 Å². The van der Waals surface area contributed by atoms with Crippen LogP contribution in [0.4, 0.5) is 0 Å². The van der Waals surface area contributed by atoms with E-state index in [0.717, 1.165) is 45.2 Å². The maximum absolute atomic E-state index is 13.5. The first-order valence-electron chi connectivity index (χ1n) is 9.28. The summed E-state index contributed by atoms with van der Waals surface area (Å²) in [6.45, 7) is 4.82. The standard InChI is InChI=1S/C19H28N2O2S/c1-2-17(22)20-11-7-12-21(14-13-20)18(23)19(9-4-3-5-10-19)16-8-6-15-24-16/h6,8,15H,2-5,7,9-14H2,1H3. The second kappa shape index (κ2) is 7.68. The van der Waals surface area contributed by atoms with Gasteiger partial charge in [0.05, 0.1) is 5.41 Å². The molecule has 2 aliphatic rings. The smallest absolute Gasteiger partial charge is 0.234 e. The van der Waals surface area contributed by atoms with Crippen LogP contribution in [-0.4, -0.2) is 47.8 Å². The lowest BCUT2D eigenvalue weighted by Crippen LogP contribution is -2.49. The minimum absolute atomic E-state index is 0.204. The van der Waals surface area contributed by atoms with Gasteiger partial charge >= 0.3 is 0 Å². The molecule has 0 aromatic carbocycles. The first-order chi connectivity index (χ1) is 11.7. The van der Waals surface area contributed by atoms with Crippen LogP contribution < -0.4 is 0 Å². The predicted octanol–water partition coefficient (Wildman–Crippen LogP) is 3.42. The maximum Gasteiger partial charge on any atom is 0.234 e. The lowest BCUT2D eigenvalue weighted by atomic mass is 9.72. The van der Waals surface area contributed by atoms with Gasteiger partial charge in [0, 0.05) is 37.5 Å². The number of hydrogen-bond donors (Lipinski definition) is 0. The van der Waals surface area contributed by atoms with E-state index in [1.165, 1.54) is 11.3 Å². The second-order valence-corrected chi connectivity index (χ2v) is 7.95. The van der Waals surface area contributed by atoms with Crippen LogP contribution in [0.1, 0.15) is 56.7 Å². The Hall–Kier alpha value is -1.36. The Labute approximate surface area is 148 Å². The summed E-state index contributed by atoms with van der Waals surface area (Å²) >= 11 is 1.72. The Bertz CT molecular complexity index is 564. The quantitative estimate of drug-likeness (QED) is 0.840. The van der Waals surface area contributed by atoms with Gasteiger partial charge in [0.2, 0.25) is 11.8 Å². The van der Waals surface area contributed by atoms with Gasteiger partial charge in [0.25, 0.3) is 0 Å². The van der Waals surface area contributed by atoms with Crippen molar-refractivity contribution in [2.75, 3.05) is 26.2 Å². The highest BCUT2D eigenvalue weighted by molar-refractivity contribution is 7.10. The van der Waals surface area contributed by atoms with E-state index >= 15 is 0 Å². The first kappa shape index (κ1) is 17.5. The third-order valence-electron chi connectivity index (χ3n) is 5.55. The monoisotopic (exact) mass is 348 g/mol. The van der Waals surface area contributed by atoms with Gasteiger partial charge in [-0.3, -0.25) is 9.59 Å². The van der Waals surface area contributed by atoms with Crippen molar-refractivity contribution >= 4 is 23.2 Å². The summed E-state index contributed by atoms with van der Waals surface area (Å²) in [7, 11) is 0. The zero-order chi connectivity index (χ0) is 17.0. The van der Waals surface area contributed by atoms with Gasteiger partial charge in [-0.1, -0.05) is 32.3 Å². The van der Waals surface area contributed by atoms with Crippen molar-refractivity contribution < 1.29 is 9.59 Å². The highest BCUT2D eigenvalue weighted by atomic mass is 32.1. The molecule has 2 fully saturated rings. The molecule has 0 spiro atoms. The first-order valence-corrected chi connectivity index (χ1v) is 10.2. The Morgan fingerprint density at radius 2 is 1.75 bits per heavy atom. The molecule has 1 aromatic heterocycles. The van der Waals surface area contributed by atoms with Crippen LogP contribution in [0.5, 0.6) is 0 Å². The molecule has 1 aliphatic heterocycles. The summed E-state index contributed by atoms with van der Waals surface area (Å²) in [4.78, 5) is 30.7. The highest BCUT2D eigenvalue weighted by Crippen LogP contribution is 2.43. The Balaban J connectivity index is 1.77. The largest absolute Gasteiger partial charge is 0.341 e. The summed E-state index contributed by atoms with van der Waals surface area (Å²) in [5.74, 6) is 0.505. The van der Waals surface area contributed by atoms with E-state index in [1.807, 2.05) is 16.7 Å². The number of hydrogen-bond acceptors (Lipinski definition) is 3. The zero-order valence-corrected chi connectivity index (χ0v) is 15.4. The van der Waals surface area contributed by atoms with Gasteiger partial charge in [0.15, 0.2) is 0 Å². The molecule has 0 bridgehead atoms. The van der Waals surface area contributed by atoms with E-state index in [2.05, 4.69) is 17.5 Å². The van der Waals surface area contributed by atoms with E-state index in [9.17, 15) is 9.59 Å². The maximum atomic E-state index is 13.5. The van der Waals surface area contributed by atoms with Gasteiger partial charge in [-0.25, -0.2) is 0 Å². The van der Waals surface area contributed by atoms with Crippen molar-refractivity contribution in [3.63, 3.8) is 0 Å². The minimum Gasteiger partial charge on any atom is -0.341 e. The average Bonchev–Trinajstić information content (AvgIpc) is 3.06. The molecule has 1 aliphatic carbocycles. The fourth-order valence-electron chi connectivity index (χ4n) is 4.17. The molecule has 4 nitrogen and oxygen atoms in total. The molecule has 1 saturated heterocycles. The van der Waals surface area contributed by atoms with Crippen molar-refractivity contribution in [3.05, 3.63) is 22.4 Å². The third-order valence-corrected chi connectivity index (χ3v) is 6.62. The van der Waals surface area contributed by atoms with Crippen molar-refractivity contribution in [2.45, 2.75) is 57.3 Å². The Morgan fingerprint density at radius 1 is 1.04 bits per heavy atom. The molecule has 132 valence electrons. The van der Waals surface area contributed by atoms with Crippen LogP contribution in [0.25, 0.3) is 0 Å². The van der Waals surface area contributed by atoms with Crippen LogP contribution in [0.15, 0.2) is 17.5 Å². The number of amides is 2. The molecule has 1 saturated carbocycles. The molecule has 0 radical (unpaired) electrons. The molecule has 0 N–H and O–H groups in total. The molecule has 0 atom stereocenters. The molecule has 2 amide bonds. The summed E-state index contributed by atoms with van der Waals surface area (Å²) in [6.07, 6.45) is 6.89. The van der Waals surface area contributed by atoms with E-state index in [4.69, 9.17) is 0 Å². The van der Waals surface area contributed by atoms with Crippen LogP contribution in [0, 0.1) is 0 Å². The van der Waals surface area contributed by atoms with E-state index in [-0.39, 0.29) is 11.3 Å².